The summed E-state index contributed by atoms with van der Waals surface area (Å²) in [6.07, 6.45) is 0. The molecule has 0 bridgehead atoms. The zero-order valence-corrected chi connectivity index (χ0v) is 17.3. The molecule has 4 aromatic rings. The zero-order valence-electron chi connectivity index (χ0n) is 16.5. The quantitative estimate of drug-likeness (QED) is 0.427. The SMILES string of the molecule is Cc1ccc(C(=O)C2=C(O)C(=O)N(c3nc4ccc(F)cc4s3)C2c2cccc(F)c2)o1. The lowest BCUT2D eigenvalue weighted by atomic mass is 9.95. The van der Waals surface area contributed by atoms with Crippen LogP contribution in [0.3, 0.4) is 0 Å². The van der Waals surface area contributed by atoms with Crippen molar-refractivity contribution in [1.29, 1.82) is 0 Å². The van der Waals surface area contributed by atoms with E-state index < -0.39 is 35.1 Å². The molecule has 0 spiro atoms. The van der Waals surface area contributed by atoms with Gasteiger partial charge in [-0.15, -0.1) is 0 Å². The molecule has 0 radical (unpaired) electrons. The van der Waals surface area contributed by atoms with Crippen LogP contribution in [-0.2, 0) is 4.79 Å². The minimum atomic E-state index is -1.15. The highest BCUT2D eigenvalue weighted by Gasteiger charge is 2.46. The van der Waals surface area contributed by atoms with Gasteiger partial charge in [0.15, 0.2) is 16.7 Å². The maximum absolute atomic E-state index is 14.1. The van der Waals surface area contributed by atoms with Crippen LogP contribution in [-0.4, -0.2) is 21.8 Å². The van der Waals surface area contributed by atoms with Crippen molar-refractivity contribution in [3.05, 3.63) is 94.6 Å². The predicted octanol–water partition coefficient (Wildman–Crippen LogP) is 5.26. The molecule has 1 aliphatic heterocycles. The van der Waals surface area contributed by atoms with Crippen molar-refractivity contribution in [2.45, 2.75) is 13.0 Å². The van der Waals surface area contributed by atoms with Gasteiger partial charge in [0.2, 0.25) is 5.78 Å². The first-order valence-electron chi connectivity index (χ1n) is 9.53. The molecule has 9 heteroatoms. The third kappa shape index (κ3) is 3.18. The Hall–Kier alpha value is -3.85. The van der Waals surface area contributed by atoms with E-state index in [0.29, 0.717) is 16.0 Å². The van der Waals surface area contributed by atoms with E-state index >= 15 is 0 Å². The van der Waals surface area contributed by atoms with Gasteiger partial charge in [-0.3, -0.25) is 14.5 Å². The number of furan rings is 1. The second-order valence-corrected chi connectivity index (χ2v) is 8.25. The van der Waals surface area contributed by atoms with Gasteiger partial charge in [-0.1, -0.05) is 23.5 Å². The highest BCUT2D eigenvalue weighted by atomic mass is 32.1. The van der Waals surface area contributed by atoms with Gasteiger partial charge in [0.05, 0.1) is 21.8 Å². The molecule has 6 nitrogen and oxygen atoms in total. The minimum Gasteiger partial charge on any atom is -0.503 e. The highest BCUT2D eigenvalue weighted by molar-refractivity contribution is 7.22. The van der Waals surface area contributed by atoms with E-state index in [1.807, 2.05) is 0 Å². The molecule has 1 amide bonds. The van der Waals surface area contributed by atoms with Gasteiger partial charge in [0.1, 0.15) is 17.4 Å². The largest absolute Gasteiger partial charge is 0.503 e. The fraction of sp³-hybridized carbons (Fsp3) is 0.0870. The summed E-state index contributed by atoms with van der Waals surface area (Å²) in [5, 5.41) is 10.8. The van der Waals surface area contributed by atoms with Crippen LogP contribution >= 0.6 is 11.3 Å². The number of aryl methyl sites for hydroxylation is 1. The van der Waals surface area contributed by atoms with Crippen molar-refractivity contribution in [1.82, 2.24) is 4.98 Å². The average Bonchev–Trinajstić information content (AvgIpc) is 3.44. The molecule has 1 N–H and O–H groups in total. The van der Waals surface area contributed by atoms with Gasteiger partial charge in [0, 0.05) is 0 Å². The molecule has 5 rings (SSSR count). The van der Waals surface area contributed by atoms with Crippen LogP contribution in [0.1, 0.15) is 27.9 Å². The molecule has 1 atom stereocenters. The van der Waals surface area contributed by atoms with Crippen LogP contribution in [0.2, 0.25) is 0 Å². The van der Waals surface area contributed by atoms with Gasteiger partial charge >= 0.3 is 0 Å². The lowest BCUT2D eigenvalue weighted by Gasteiger charge is -2.24. The minimum absolute atomic E-state index is 0.0634. The second kappa shape index (κ2) is 7.38. The monoisotopic (exact) mass is 452 g/mol. The van der Waals surface area contributed by atoms with Crippen LogP contribution in [0, 0.1) is 18.6 Å². The highest BCUT2D eigenvalue weighted by Crippen LogP contribution is 2.44. The van der Waals surface area contributed by atoms with E-state index in [9.17, 15) is 23.5 Å². The first kappa shape index (κ1) is 20.1. The third-order valence-corrected chi connectivity index (χ3v) is 6.14. The van der Waals surface area contributed by atoms with Crippen molar-refractivity contribution in [2.24, 2.45) is 0 Å². The molecular formula is C23H14F2N2O4S. The number of aliphatic hydroxyl groups excluding tert-OH is 1. The van der Waals surface area contributed by atoms with E-state index in [1.165, 1.54) is 42.5 Å². The van der Waals surface area contributed by atoms with Gasteiger partial charge < -0.3 is 9.52 Å². The topological polar surface area (TPSA) is 83.6 Å². The molecular weight excluding hydrogens is 438 g/mol. The number of carbonyl (C=O) groups is 2. The van der Waals surface area contributed by atoms with E-state index in [1.54, 1.807) is 19.1 Å². The number of hydrogen-bond donors (Lipinski definition) is 1. The van der Waals surface area contributed by atoms with Gasteiger partial charge in [-0.05, 0) is 55.0 Å². The first-order valence-corrected chi connectivity index (χ1v) is 10.3. The molecule has 0 fully saturated rings. The summed E-state index contributed by atoms with van der Waals surface area (Å²) in [5.74, 6) is -2.97. The van der Waals surface area contributed by atoms with Gasteiger partial charge in [0.25, 0.3) is 5.91 Å². The average molecular weight is 452 g/mol. The van der Waals surface area contributed by atoms with E-state index in [2.05, 4.69) is 4.98 Å². The molecule has 1 unspecified atom stereocenters. The van der Waals surface area contributed by atoms with Crippen LogP contribution in [0.5, 0.6) is 0 Å². The number of benzene rings is 2. The van der Waals surface area contributed by atoms with Crippen LogP contribution in [0.15, 0.2) is 70.3 Å². The number of carbonyl (C=O) groups excluding carboxylic acids is 2. The molecule has 0 saturated carbocycles. The Morgan fingerprint density at radius 2 is 1.91 bits per heavy atom. The molecule has 32 heavy (non-hydrogen) atoms. The Labute approximate surface area is 184 Å². The number of hydrogen-bond acceptors (Lipinski definition) is 6. The first-order chi connectivity index (χ1) is 15.3. The predicted molar refractivity (Wildman–Crippen MR) is 114 cm³/mol. The van der Waals surface area contributed by atoms with Gasteiger partial charge in [-0.25, -0.2) is 13.8 Å². The Morgan fingerprint density at radius 3 is 2.62 bits per heavy atom. The van der Waals surface area contributed by atoms with Crippen molar-refractivity contribution in [2.75, 3.05) is 4.90 Å². The molecule has 160 valence electrons. The summed E-state index contributed by atoms with van der Waals surface area (Å²) in [6.45, 7) is 1.65. The fourth-order valence-corrected chi connectivity index (χ4v) is 4.72. The number of ketones is 1. The lowest BCUT2D eigenvalue weighted by molar-refractivity contribution is -0.117. The molecule has 3 heterocycles. The fourth-order valence-electron chi connectivity index (χ4n) is 3.71. The Kier molecular flexibility index (Phi) is 4.63. The number of rotatable bonds is 4. The van der Waals surface area contributed by atoms with E-state index in [0.717, 1.165) is 16.2 Å². The van der Waals surface area contributed by atoms with Crippen molar-refractivity contribution >= 4 is 38.4 Å². The summed E-state index contributed by atoms with van der Waals surface area (Å²) >= 11 is 1.02. The number of aromatic nitrogens is 1. The van der Waals surface area contributed by atoms with Crippen molar-refractivity contribution < 1.29 is 27.9 Å². The second-order valence-electron chi connectivity index (χ2n) is 7.24. The standard InChI is InChI=1S/C23H14F2N2O4S/c1-11-5-8-16(31-11)20(28)18-19(12-3-2-4-13(24)9-12)27(22(30)21(18)29)23-26-15-7-6-14(25)10-17(15)32-23/h2-10,19,29H,1H3. The Morgan fingerprint density at radius 1 is 1.12 bits per heavy atom. The summed E-state index contributed by atoms with van der Waals surface area (Å²) in [4.78, 5) is 31.8. The lowest BCUT2D eigenvalue weighted by Crippen LogP contribution is -2.31. The smallest absolute Gasteiger partial charge is 0.296 e. The molecule has 2 aromatic heterocycles. The van der Waals surface area contributed by atoms with Crippen LogP contribution in [0.25, 0.3) is 10.2 Å². The zero-order chi connectivity index (χ0) is 22.6. The number of fused-ring (bicyclic) bond motifs is 1. The number of anilines is 1. The van der Waals surface area contributed by atoms with E-state index in [4.69, 9.17) is 4.42 Å². The Bertz CT molecular complexity index is 1440. The third-order valence-electron chi connectivity index (χ3n) is 5.13. The summed E-state index contributed by atoms with van der Waals surface area (Å²) in [6, 6.07) is 11.2. The van der Waals surface area contributed by atoms with Gasteiger partial charge in [-0.2, -0.15) is 0 Å². The molecule has 1 aliphatic rings. The number of aliphatic hydroxyl groups is 1. The summed E-state index contributed by atoms with van der Waals surface area (Å²) < 4.78 is 33.6. The molecule has 0 aliphatic carbocycles. The van der Waals surface area contributed by atoms with Crippen molar-refractivity contribution in [3.63, 3.8) is 0 Å². The molecule has 0 saturated heterocycles. The number of amides is 1. The summed E-state index contributed by atoms with van der Waals surface area (Å²) in [7, 11) is 0. The van der Waals surface area contributed by atoms with E-state index in [-0.39, 0.29) is 22.0 Å². The number of nitrogens with zero attached hydrogens (tertiary/aromatic N) is 2. The van der Waals surface area contributed by atoms with Crippen LogP contribution < -0.4 is 4.90 Å². The molecule has 2 aromatic carbocycles. The van der Waals surface area contributed by atoms with Crippen LogP contribution in [0.4, 0.5) is 13.9 Å². The summed E-state index contributed by atoms with van der Waals surface area (Å²) in [5.41, 5.74) is 0.456. The Balaban J connectivity index is 1.69. The maximum atomic E-state index is 14.1. The normalized spacial score (nSPS) is 16.4. The number of Topliss-reactive ketones (excluding diaryl/α,β-unsaturated/α-hetero) is 1. The van der Waals surface area contributed by atoms with Crippen molar-refractivity contribution in [3.8, 4) is 0 Å². The number of halogens is 2. The number of thiazole rings is 1. The maximum Gasteiger partial charge on any atom is 0.296 e.